The number of carbonyl (C=O) groups is 2. The molecule has 0 bridgehead atoms. The standard InChI is InChI=1S/C18H23N3O5/c1-2-12-18(26)21-13-7-4-3-6-11(13)17(25)14(22)8-5-9-15(23)19-10-16(24)20-12/h1,3-4,6-7,12,14,17-18,21-22,25-26H,5,8-10H2,(H,19,23)(H,20,24). The zero-order chi connectivity index (χ0) is 19.1. The average Bonchev–Trinajstić information content (AvgIpc) is 2.63. The van der Waals surface area contributed by atoms with E-state index < -0.39 is 30.4 Å². The summed E-state index contributed by atoms with van der Waals surface area (Å²) in [4.78, 5) is 23.6. The first-order valence-corrected chi connectivity index (χ1v) is 8.34. The lowest BCUT2D eigenvalue weighted by Crippen LogP contribution is -2.49. The van der Waals surface area contributed by atoms with Crippen LogP contribution >= 0.6 is 0 Å². The first kappa shape index (κ1) is 19.7. The molecular formula is C18H23N3O5. The van der Waals surface area contributed by atoms with Gasteiger partial charge in [0.25, 0.3) is 0 Å². The fraction of sp³-hybridized carbons (Fsp3) is 0.444. The van der Waals surface area contributed by atoms with Gasteiger partial charge in [0, 0.05) is 17.7 Å². The van der Waals surface area contributed by atoms with Crippen molar-refractivity contribution in [2.45, 2.75) is 43.7 Å². The molecule has 4 unspecified atom stereocenters. The normalized spacial score (nSPS) is 28.2. The van der Waals surface area contributed by atoms with Crippen LogP contribution in [-0.4, -0.2) is 52.1 Å². The second-order valence-corrected chi connectivity index (χ2v) is 6.07. The van der Waals surface area contributed by atoms with Crippen molar-refractivity contribution in [2.24, 2.45) is 0 Å². The zero-order valence-corrected chi connectivity index (χ0v) is 14.2. The Morgan fingerprint density at radius 1 is 1.08 bits per heavy atom. The first-order chi connectivity index (χ1) is 12.4. The molecule has 0 aliphatic carbocycles. The molecule has 1 aromatic carbocycles. The Hall–Kier alpha value is -2.60. The van der Waals surface area contributed by atoms with Crippen molar-refractivity contribution in [3.8, 4) is 12.3 Å². The number of nitrogens with one attached hydrogen (secondary N) is 3. The maximum atomic E-state index is 11.9. The summed E-state index contributed by atoms with van der Waals surface area (Å²) in [5, 5.41) is 38.6. The van der Waals surface area contributed by atoms with Gasteiger partial charge in [-0.05, 0) is 18.9 Å². The third kappa shape index (κ3) is 5.20. The van der Waals surface area contributed by atoms with E-state index >= 15 is 0 Å². The quantitative estimate of drug-likeness (QED) is 0.337. The lowest BCUT2D eigenvalue weighted by molar-refractivity contribution is -0.126. The number of aliphatic hydroxyl groups excluding tert-OH is 3. The SMILES string of the molecule is C#CC1NC(=O)CNC(=O)CCCC(O)C(O)c2ccccc2NC1O. The van der Waals surface area contributed by atoms with Crippen LogP contribution < -0.4 is 16.0 Å². The highest BCUT2D eigenvalue weighted by molar-refractivity contribution is 5.85. The molecule has 0 saturated heterocycles. The van der Waals surface area contributed by atoms with Gasteiger partial charge in [-0.25, -0.2) is 0 Å². The van der Waals surface area contributed by atoms with Gasteiger partial charge in [-0.15, -0.1) is 6.42 Å². The molecule has 2 amide bonds. The Balaban J connectivity index is 2.29. The second-order valence-electron chi connectivity index (χ2n) is 6.07. The molecule has 2 rings (SSSR count). The lowest BCUT2D eigenvalue weighted by Gasteiger charge is -2.25. The molecule has 6 N–H and O–H groups in total. The molecule has 8 nitrogen and oxygen atoms in total. The Morgan fingerprint density at radius 3 is 2.54 bits per heavy atom. The van der Waals surface area contributed by atoms with Crippen LogP contribution in [0, 0.1) is 12.3 Å². The van der Waals surface area contributed by atoms with E-state index in [0.717, 1.165) is 0 Å². The number of aliphatic hydroxyl groups is 3. The number of benzene rings is 1. The summed E-state index contributed by atoms with van der Waals surface area (Å²) in [5.41, 5.74) is 0.755. The second kappa shape index (κ2) is 9.20. The Kier molecular flexibility index (Phi) is 6.97. The fourth-order valence-electron chi connectivity index (χ4n) is 2.67. The van der Waals surface area contributed by atoms with Crippen molar-refractivity contribution in [1.82, 2.24) is 10.6 Å². The molecule has 0 spiro atoms. The average molecular weight is 361 g/mol. The van der Waals surface area contributed by atoms with E-state index in [1.54, 1.807) is 24.3 Å². The van der Waals surface area contributed by atoms with Gasteiger partial charge < -0.3 is 31.3 Å². The molecule has 0 radical (unpaired) electrons. The third-order valence-electron chi connectivity index (χ3n) is 4.11. The molecule has 8 heteroatoms. The number of terminal acetylenes is 1. The van der Waals surface area contributed by atoms with Gasteiger partial charge in [0.2, 0.25) is 11.8 Å². The number of carbonyl (C=O) groups excluding carboxylic acids is 2. The van der Waals surface area contributed by atoms with Gasteiger partial charge in [-0.2, -0.15) is 0 Å². The van der Waals surface area contributed by atoms with Crippen molar-refractivity contribution >= 4 is 17.5 Å². The highest BCUT2D eigenvalue weighted by atomic mass is 16.3. The molecule has 0 saturated carbocycles. The van der Waals surface area contributed by atoms with E-state index in [-0.39, 0.29) is 25.3 Å². The molecule has 1 heterocycles. The number of para-hydroxylation sites is 1. The van der Waals surface area contributed by atoms with Crippen LogP contribution in [0.15, 0.2) is 24.3 Å². The summed E-state index contributed by atoms with van der Waals surface area (Å²) >= 11 is 0. The molecule has 0 fully saturated rings. The molecular weight excluding hydrogens is 338 g/mol. The molecule has 1 aliphatic heterocycles. The summed E-state index contributed by atoms with van der Waals surface area (Å²) in [6, 6.07) is 5.55. The largest absolute Gasteiger partial charge is 0.390 e. The van der Waals surface area contributed by atoms with Gasteiger partial charge in [0.15, 0.2) is 6.23 Å². The van der Waals surface area contributed by atoms with Gasteiger partial charge in [0.05, 0.1) is 12.6 Å². The lowest BCUT2D eigenvalue weighted by atomic mass is 9.98. The Labute approximate surface area is 151 Å². The van der Waals surface area contributed by atoms with Gasteiger partial charge in [-0.1, -0.05) is 24.1 Å². The number of rotatable bonds is 0. The minimum atomic E-state index is -1.34. The smallest absolute Gasteiger partial charge is 0.240 e. The predicted molar refractivity (Wildman–Crippen MR) is 94.7 cm³/mol. The van der Waals surface area contributed by atoms with Crippen molar-refractivity contribution in [3.63, 3.8) is 0 Å². The van der Waals surface area contributed by atoms with Crippen LogP contribution in [0.5, 0.6) is 0 Å². The molecule has 1 aromatic rings. The van der Waals surface area contributed by atoms with Crippen LogP contribution in [0.25, 0.3) is 0 Å². The third-order valence-corrected chi connectivity index (χ3v) is 4.11. The molecule has 140 valence electrons. The van der Waals surface area contributed by atoms with Crippen LogP contribution in [0.3, 0.4) is 0 Å². The van der Waals surface area contributed by atoms with Crippen LogP contribution in [0.4, 0.5) is 5.69 Å². The maximum Gasteiger partial charge on any atom is 0.240 e. The number of amides is 2. The van der Waals surface area contributed by atoms with E-state index in [1.165, 1.54) is 0 Å². The van der Waals surface area contributed by atoms with Crippen molar-refractivity contribution < 1.29 is 24.9 Å². The van der Waals surface area contributed by atoms with Gasteiger partial charge in [0.1, 0.15) is 12.1 Å². The van der Waals surface area contributed by atoms with Crippen molar-refractivity contribution in [1.29, 1.82) is 0 Å². The minimum absolute atomic E-state index is 0.109. The van der Waals surface area contributed by atoms with Gasteiger partial charge in [-0.3, -0.25) is 9.59 Å². The molecule has 0 aromatic heterocycles. The summed E-state index contributed by atoms with van der Waals surface area (Å²) in [6.07, 6.45) is 2.39. The van der Waals surface area contributed by atoms with E-state index in [9.17, 15) is 24.9 Å². The van der Waals surface area contributed by atoms with E-state index in [2.05, 4.69) is 21.9 Å². The number of fused-ring (bicyclic) bond motifs is 1. The first-order valence-electron chi connectivity index (χ1n) is 8.34. The van der Waals surface area contributed by atoms with Crippen LogP contribution in [0.2, 0.25) is 0 Å². The fourth-order valence-corrected chi connectivity index (χ4v) is 2.67. The van der Waals surface area contributed by atoms with Crippen molar-refractivity contribution in [3.05, 3.63) is 29.8 Å². The predicted octanol–water partition coefficient (Wildman–Crippen LogP) is -0.771. The summed E-state index contributed by atoms with van der Waals surface area (Å²) in [6.45, 7) is -0.272. The van der Waals surface area contributed by atoms with Crippen molar-refractivity contribution in [2.75, 3.05) is 11.9 Å². The summed E-state index contributed by atoms with van der Waals surface area (Å²) in [7, 11) is 0. The highest BCUT2D eigenvalue weighted by Crippen LogP contribution is 2.27. The number of hydrogen-bond donors (Lipinski definition) is 6. The maximum absolute atomic E-state index is 11.9. The highest BCUT2D eigenvalue weighted by Gasteiger charge is 2.25. The molecule has 1 aliphatic rings. The monoisotopic (exact) mass is 361 g/mol. The zero-order valence-electron chi connectivity index (χ0n) is 14.2. The van der Waals surface area contributed by atoms with E-state index in [0.29, 0.717) is 17.7 Å². The summed E-state index contributed by atoms with van der Waals surface area (Å²) < 4.78 is 0. The van der Waals surface area contributed by atoms with Crippen LogP contribution in [0.1, 0.15) is 30.9 Å². The number of anilines is 1. The minimum Gasteiger partial charge on any atom is -0.390 e. The topological polar surface area (TPSA) is 131 Å². The van der Waals surface area contributed by atoms with E-state index in [1.807, 2.05) is 0 Å². The Morgan fingerprint density at radius 2 is 1.81 bits per heavy atom. The molecule has 26 heavy (non-hydrogen) atoms. The summed E-state index contributed by atoms with van der Waals surface area (Å²) in [5.74, 6) is 1.38. The Bertz CT molecular complexity index is 688. The van der Waals surface area contributed by atoms with Gasteiger partial charge >= 0.3 is 0 Å². The van der Waals surface area contributed by atoms with E-state index in [4.69, 9.17) is 6.42 Å². The number of hydrogen-bond acceptors (Lipinski definition) is 6. The van der Waals surface area contributed by atoms with Crippen LogP contribution in [-0.2, 0) is 9.59 Å². The molecule has 4 atom stereocenters.